The molecule has 0 saturated carbocycles. The fourth-order valence-electron chi connectivity index (χ4n) is 1.80. The standard InChI is InChI=1S/C14H10FN3O2S/c15-9-2-1-3-11(6-9)21-14-8-16-17-18(14)12-5-4-10(19)7-13(12)20/h1-8,19-20H. The molecule has 3 aromatic rings. The van der Waals surface area contributed by atoms with Crippen LogP contribution < -0.4 is 0 Å². The molecule has 5 nitrogen and oxygen atoms in total. The second-order valence-electron chi connectivity index (χ2n) is 4.22. The quantitative estimate of drug-likeness (QED) is 0.778. The third-order valence-electron chi connectivity index (χ3n) is 2.72. The van der Waals surface area contributed by atoms with Gasteiger partial charge in [0.1, 0.15) is 28.0 Å². The first-order chi connectivity index (χ1) is 10.1. The number of benzene rings is 2. The van der Waals surface area contributed by atoms with Gasteiger partial charge in [-0.2, -0.15) is 0 Å². The highest BCUT2D eigenvalue weighted by atomic mass is 32.2. The van der Waals surface area contributed by atoms with E-state index in [2.05, 4.69) is 10.3 Å². The summed E-state index contributed by atoms with van der Waals surface area (Å²) < 4.78 is 14.6. The molecule has 2 N–H and O–H groups in total. The summed E-state index contributed by atoms with van der Waals surface area (Å²) in [7, 11) is 0. The Morgan fingerprint density at radius 1 is 1.10 bits per heavy atom. The third kappa shape index (κ3) is 2.82. The average Bonchev–Trinajstić information content (AvgIpc) is 2.87. The maximum absolute atomic E-state index is 13.2. The number of rotatable bonds is 3. The topological polar surface area (TPSA) is 71.2 Å². The van der Waals surface area contributed by atoms with Gasteiger partial charge >= 0.3 is 0 Å². The van der Waals surface area contributed by atoms with Crippen LogP contribution >= 0.6 is 11.8 Å². The molecule has 0 unspecified atom stereocenters. The van der Waals surface area contributed by atoms with Gasteiger partial charge in [0.2, 0.25) is 0 Å². The summed E-state index contributed by atoms with van der Waals surface area (Å²) in [6.45, 7) is 0. The highest BCUT2D eigenvalue weighted by Gasteiger charge is 2.12. The summed E-state index contributed by atoms with van der Waals surface area (Å²) in [5.74, 6) is -0.496. The van der Waals surface area contributed by atoms with Crippen LogP contribution in [-0.4, -0.2) is 25.2 Å². The Balaban J connectivity index is 1.97. The molecule has 0 atom stereocenters. The minimum atomic E-state index is -0.327. The maximum Gasteiger partial charge on any atom is 0.145 e. The fourth-order valence-corrected chi connectivity index (χ4v) is 2.69. The summed E-state index contributed by atoms with van der Waals surface area (Å²) in [5, 5.41) is 27.5. The number of aromatic nitrogens is 3. The van der Waals surface area contributed by atoms with E-state index in [4.69, 9.17) is 0 Å². The van der Waals surface area contributed by atoms with E-state index in [0.29, 0.717) is 15.6 Å². The molecular formula is C14H10FN3O2S. The summed E-state index contributed by atoms with van der Waals surface area (Å²) >= 11 is 1.27. The molecule has 0 aliphatic heterocycles. The highest BCUT2D eigenvalue weighted by molar-refractivity contribution is 7.99. The molecule has 106 valence electrons. The molecule has 0 aliphatic rings. The minimum Gasteiger partial charge on any atom is -0.508 e. The van der Waals surface area contributed by atoms with Gasteiger partial charge in [0.05, 0.1) is 6.20 Å². The van der Waals surface area contributed by atoms with E-state index >= 15 is 0 Å². The first kappa shape index (κ1) is 13.4. The van der Waals surface area contributed by atoms with E-state index in [0.717, 1.165) is 0 Å². The van der Waals surface area contributed by atoms with E-state index in [-0.39, 0.29) is 17.3 Å². The van der Waals surface area contributed by atoms with Crippen molar-refractivity contribution >= 4 is 11.8 Å². The molecule has 0 aliphatic carbocycles. The Morgan fingerprint density at radius 2 is 1.95 bits per heavy atom. The lowest BCUT2D eigenvalue weighted by Gasteiger charge is -2.08. The van der Waals surface area contributed by atoms with Crippen molar-refractivity contribution in [2.45, 2.75) is 9.92 Å². The highest BCUT2D eigenvalue weighted by Crippen LogP contribution is 2.32. The van der Waals surface area contributed by atoms with Gasteiger partial charge in [-0.05, 0) is 30.3 Å². The summed E-state index contributed by atoms with van der Waals surface area (Å²) in [5.41, 5.74) is 0.379. The van der Waals surface area contributed by atoms with E-state index in [1.807, 2.05) is 0 Å². The molecule has 21 heavy (non-hydrogen) atoms. The molecule has 0 bridgehead atoms. The van der Waals surface area contributed by atoms with Gasteiger partial charge < -0.3 is 10.2 Å². The van der Waals surface area contributed by atoms with Crippen LogP contribution in [0.3, 0.4) is 0 Å². The molecule has 7 heteroatoms. The number of phenols is 2. The average molecular weight is 303 g/mol. The van der Waals surface area contributed by atoms with E-state index in [1.165, 1.54) is 53.0 Å². The van der Waals surface area contributed by atoms with Gasteiger partial charge in [0, 0.05) is 11.0 Å². The third-order valence-corrected chi connectivity index (χ3v) is 3.70. The Labute approximate surface area is 123 Å². The van der Waals surface area contributed by atoms with Crippen molar-refractivity contribution in [1.29, 1.82) is 0 Å². The number of phenolic OH excluding ortho intramolecular Hbond substituents is 2. The molecule has 0 saturated heterocycles. The molecule has 0 radical (unpaired) electrons. The van der Waals surface area contributed by atoms with Crippen LogP contribution in [0.4, 0.5) is 4.39 Å². The monoisotopic (exact) mass is 303 g/mol. The Bertz CT molecular complexity index is 791. The maximum atomic E-state index is 13.2. The SMILES string of the molecule is Oc1ccc(-n2nncc2Sc2cccc(F)c2)c(O)c1. The van der Waals surface area contributed by atoms with Crippen molar-refractivity contribution < 1.29 is 14.6 Å². The zero-order valence-corrected chi connectivity index (χ0v) is 11.5. The lowest BCUT2D eigenvalue weighted by atomic mass is 10.3. The summed E-state index contributed by atoms with van der Waals surface area (Å²) in [6.07, 6.45) is 1.52. The largest absolute Gasteiger partial charge is 0.508 e. The van der Waals surface area contributed by atoms with Crippen LogP contribution in [0.1, 0.15) is 0 Å². The molecule has 1 aromatic heterocycles. The molecule has 0 fully saturated rings. The van der Waals surface area contributed by atoms with Gasteiger partial charge in [-0.1, -0.05) is 23.0 Å². The molecule has 1 heterocycles. The smallest absolute Gasteiger partial charge is 0.145 e. The summed E-state index contributed by atoms with van der Waals surface area (Å²) in [4.78, 5) is 0.691. The second kappa shape index (κ2) is 5.45. The van der Waals surface area contributed by atoms with E-state index in [9.17, 15) is 14.6 Å². The van der Waals surface area contributed by atoms with Gasteiger partial charge in [0.25, 0.3) is 0 Å². The first-order valence-corrected chi connectivity index (χ1v) is 6.81. The Morgan fingerprint density at radius 3 is 2.71 bits per heavy atom. The number of halogens is 1. The normalized spacial score (nSPS) is 10.7. The molecule has 3 rings (SSSR count). The van der Waals surface area contributed by atoms with Gasteiger partial charge in [-0.3, -0.25) is 0 Å². The van der Waals surface area contributed by atoms with Crippen molar-refractivity contribution in [3.05, 3.63) is 54.5 Å². The van der Waals surface area contributed by atoms with Crippen molar-refractivity contribution in [1.82, 2.24) is 15.0 Å². The predicted octanol–water partition coefficient (Wildman–Crippen LogP) is 2.97. The Hall–Kier alpha value is -2.54. The van der Waals surface area contributed by atoms with Crippen molar-refractivity contribution in [2.75, 3.05) is 0 Å². The van der Waals surface area contributed by atoms with Crippen LogP contribution in [0.25, 0.3) is 5.69 Å². The van der Waals surface area contributed by atoms with Crippen LogP contribution in [0.2, 0.25) is 0 Å². The van der Waals surface area contributed by atoms with Crippen LogP contribution in [-0.2, 0) is 0 Å². The van der Waals surface area contributed by atoms with Gasteiger partial charge in [-0.25, -0.2) is 9.07 Å². The zero-order chi connectivity index (χ0) is 14.8. The van der Waals surface area contributed by atoms with Gasteiger partial charge in [0.15, 0.2) is 0 Å². The lowest BCUT2D eigenvalue weighted by molar-refractivity contribution is 0.446. The summed E-state index contributed by atoms with van der Waals surface area (Å²) in [6, 6.07) is 10.3. The van der Waals surface area contributed by atoms with E-state index in [1.54, 1.807) is 12.1 Å². The number of hydrogen-bond acceptors (Lipinski definition) is 5. The zero-order valence-electron chi connectivity index (χ0n) is 10.6. The second-order valence-corrected chi connectivity index (χ2v) is 5.31. The van der Waals surface area contributed by atoms with E-state index < -0.39 is 0 Å². The van der Waals surface area contributed by atoms with Crippen LogP contribution in [0.15, 0.2) is 58.6 Å². The van der Waals surface area contributed by atoms with Crippen molar-refractivity contribution in [3.63, 3.8) is 0 Å². The number of hydrogen-bond donors (Lipinski definition) is 2. The molecular weight excluding hydrogens is 293 g/mol. The molecule has 0 spiro atoms. The molecule has 2 aromatic carbocycles. The van der Waals surface area contributed by atoms with Crippen LogP contribution in [0.5, 0.6) is 11.5 Å². The van der Waals surface area contributed by atoms with Gasteiger partial charge in [-0.15, -0.1) is 5.10 Å². The molecule has 0 amide bonds. The van der Waals surface area contributed by atoms with Crippen molar-refractivity contribution in [3.8, 4) is 17.2 Å². The number of aromatic hydroxyl groups is 2. The van der Waals surface area contributed by atoms with Crippen molar-refractivity contribution in [2.24, 2.45) is 0 Å². The Kier molecular flexibility index (Phi) is 3.49. The lowest BCUT2D eigenvalue weighted by Crippen LogP contribution is -1.98. The number of nitrogens with zero attached hydrogens (tertiary/aromatic N) is 3. The fraction of sp³-hybridized carbons (Fsp3) is 0. The minimum absolute atomic E-state index is 0.0456. The first-order valence-electron chi connectivity index (χ1n) is 6.00. The van der Waals surface area contributed by atoms with Crippen LogP contribution in [0, 0.1) is 5.82 Å². The predicted molar refractivity (Wildman–Crippen MR) is 75.2 cm³/mol.